The first-order valence-electron chi connectivity index (χ1n) is 22.2. The highest BCUT2D eigenvalue weighted by atomic mass is 17.2. The Morgan fingerprint density at radius 2 is 0.769 bits per heavy atom. The maximum atomic E-state index is 11.9. The average molecular weight is 741 g/mol. The summed E-state index contributed by atoms with van der Waals surface area (Å²) in [7, 11) is 0. The first-order valence-corrected chi connectivity index (χ1v) is 22.2. The normalized spacial score (nSPS) is 24.7. The van der Waals surface area contributed by atoms with E-state index in [1.807, 2.05) is 6.92 Å². The SMILES string of the molecule is CC(CO)(CO)C1(CO)CCCCCCCCCCCCCCCCCC(=O)OCCOOC(=O)CCCCCCCCCCCCCCCCC1. The molecule has 0 aliphatic carbocycles. The van der Waals surface area contributed by atoms with E-state index in [2.05, 4.69) is 0 Å². The van der Waals surface area contributed by atoms with Gasteiger partial charge in [0.2, 0.25) is 0 Å². The molecule has 8 heteroatoms. The number of hydrogen-bond acceptors (Lipinski definition) is 8. The number of rotatable bonds is 4. The van der Waals surface area contributed by atoms with E-state index >= 15 is 0 Å². The van der Waals surface area contributed by atoms with E-state index in [-0.39, 0.29) is 45.0 Å². The smallest absolute Gasteiger partial charge is 0.342 e. The van der Waals surface area contributed by atoms with Crippen molar-refractivity contribution in [1.82, 2.24) is 0 Å². The van der Waals surface area contributed by atoms with Crippen molar-refractivity contribution in [3.63, 3.8) is 0 Å². The Labute approximate surface area is 319 Å². The van der Waals surface area contributed by atoms with Crippen LogP contribution in [0, 0.1) is 10.8 Å². The van der Waals surface area contributed by atoms with Gasteiger partial charge < -0.3 is 20.1 Å². The van der Waals surface area contributed by atoms with E-state index in [1.165, 1.54) is 128 Å². The molecule has 1 atom stereocenters. The van der Waals surface area contributed by atoms with Crippen LogP contribution in [-0.4, -0.2) is 60.3 Å². The van der Waals surface area contributed by atoms with Gasteiger partial charge in [-0.1, -0.05) is 187 Å². The molecule has 1 unspecified atom stereocenters. The summed E-state index contributed by atoms with van der Waals surface area (Å²) >= 11 is 0. The molecular formula is C44H84O8. The quantitative estimate of drug-likeness (QED) is 0.192. The molecule has 8 nitrogen and oxygen atoms in total. The maximum Gasteiger partial charge on any atom is 0.342 e. The van der Waals surface area contributed by atoms with Gasteiger partial charge in [-0.3, -0.25) is 9.68 Å². The van der Waals surface area contributed by atoms with Gasteiger partial charge in [-0.25, -0.2) is 4.79 Å². The summed E-state index contributed by atoms with van der Waals surface area (Å²) in [5.74, 6) is -0.572. The zero-order chi connectivity index (χ0) is 37.9. The largest absolute Gasteiger partial charge is 0.463 e. The number of carbonyl (C=O) groups excluding carboxylic acids is 2. The van der Waals surface area contributed by atoms with Crippen LogP contribution in [0.3, 0.4) is 0 Å². The summed E-state index contributed by atoms with van der Waals surface area (Å²) in [5, 5.41) is 31.2. The highest BCUT2D eigenvalue weighted by Gasteiger charge is 2.46. The van der Waals surface area contributed by atoms with Crippen molar-refractivity contribution < 1.29 is 39.4 Å². The fourth-order valence-corrected chi connectivity index (χ4v) is 7.94. The van der Waals surface area contributed by atoms with Gasteiger partial charge in [-0.2, -0.15) is 4.89 Å². The van der Waals surface area contributed by atoms with Crippen LogP contribution in [0.2, 0.25) is 0 Å². The van der Waals surface area contributed by atoms with Crippen LogP contribution in [0.5, 0.6) is 0 Å². The molecule has 1 rings (SSSR count). The third-order valence-corrected chi connectivity index (χ3v) is 11.9. The van der Waals surface area contributed by atoms with Crippen LogP contribution in [-0.2, 0) is 24.1 Å². The Morgan fingerprint density at radius 3 is 1.10 bits per heavy atom. The van der Waals surface area contributed by atoms with Crippen LogP contribution in [0.4, 0.5) is 0 Å². The van der Waals surface area contributed by atoms with E-state index in [1.54, 1.807) is 0 Å². The standard InChI is InChI=1S/C44H84O8/c1-43(38-45,39-46)44(40-47)34-30-26-22-18-14-10-6-2-4-8-12-16-20-24-28-32-41(48)50-36-37-51-52-42(49)33-29-25-21-17-13-9-5-3-7-11-15-19-23-27-31-35-44/h45-47H,2-40H2,1H3. The third kappa shape index (κ3) is 25.0. The van der Waals surface area contributed by atoms with Crippen molar-refractivity contribution in [2.24, 2.45) is 10.8 Å². The molecule has 0 spiro atoms. The molecule has 0 saturated carbocycles. The predicted molar refractivity (Wildman–Crippen MR) is 212 cm³/mol. The summed E-state index contributed by atoms with van der Waals surface area (Å²) in [6.07, 6.45) is 38.5. The molecule has 0 aromatic heterocycles. The first-order chi connectivity index (χ1) is 25.4. The van der Waals surface area contributed by atoms with Crippen molar-refractivity contribution in [3.8, 4) is 0 Å². The predicted octanol–water partition coefficient (Wildman–Crippen LogP) is 11.3. The highest BCUT2D eigenvalue weighted by Crippen LogP contribution is 2.47. The molecule has 1 heterocycles. The Bertz CT molecular complexity index is 762. The second-order valence-electron chi connectivity index (χ2n) is 16.4. The van der Waals surface area contributed by atoms with Crippen LogP contribution in [0.25, 0.3) is 0 Å². The van der Waals surface area contributed by atoms with Crippen molar-refractivity contribution >= 4 is 11.9 Å². The zero-order valence-electron chi connectivity index (χ0n) is 34.0. The van der Waals surface area contributed by atoms with Crippen molar-refractivity contribution in [2.75, 3.05) is 33.0 Å². The van der Waals surface area contributed by atoms with Gasteiger partial charge in [0.05, 0.1) is 13.2 Å². The molecule has 0 amide bonds. The van der Waals surface area contributed by atoms with Gasteiger partial charge in [0.1, 0.15) is 13.2 Å². The highest BCUT2D eigenvalue weighted by molar-refractivity contribution is 5.69. The van der Waals surface area contributed by atoms with Gasteiger partial charge in [-0.15, -0.1) is 0 Å². The first kappa shape index (κ1) is 48.8. The maximum absolute atomic E-state index is 11.9. The summed E-state index contributed by atoms with van der Waals surface area (Å²) in [4.78, 5) is 33.6. The molecule has 3 N–H and O–H groups in total. The minimum absolute atomic E-state index is 0.0350. The Balaban J connectivity index is 2.40. The van der Waals surface area contributed by atoms with Crippen molar-refractivity contribution in [1.29, 1.82) is 0 Å². The minimum atomic E-state index is -0.659. The topological polar surface area (TPSA) is 123 Å². The lowest BCUT2D eigenvalue weighted by atomic mass is 9.60. The Morgan fingerprint density at radius 1 is 0.462 bits per heavy atom. The van der Waals surface area contributed by atoms with E-state index in [0.29, 0.717) is 12.8 Å². The van der Waals surface area contributed by atoms with E-state index in [0.717, 1.165) is 77.0 Å². The number of ether oxygens (including phenoxy) is 1. The van der Waals surface area contributed by atoms with Crippen molar-refractivity contribution in [3.05, 3.63) is 0 Å². The average Bonchev–Trinajstić information content (AvgIpc) is 3.15. The molecule has 0 aromatic rings. The fourth-order valence-electron chi connectivity index (χ4n) is 7.94. The van der Waals surface area contributed by atoms with Crippen LogP contribution in [0.1, 0.15) is 225 Å². The number of esters is 1. The fraction of sp³-hybridized carbons (Fsp3) is 0.955. The monoisotopic (exact) mass is 741 g/mol. The van der Waals surface area contributed by atoms with Crippen LogP contribution < -0.4 is 0 Å². The second-order valence-corrected chi connectivity index (χ2v) is 16.4. The van der Waals surface area contributed by atoms with E-state index in [9.17, 15) is 24.9 Å². The molecule has 0 radical (unpaired) electrons. The third-order valence-electron chi connectivity index (χ3n) is 11.9. The van der Waals surface area contributed by atoms with Gasteiger partial charge in [0.15, 0.2) is 0 Å². The zero-order valence-corrected chi connectivity index (χ0v) is 34.0. The van der Waals surface area contributed by atoms with Gasteiger partial charge in [-0.05, 0) is 25.7 Å². The Kier molecular flexibility index (Phi) is 32.2. The van der Waals surface area contributed by atoms with E-state index in [4.69, 9.17) is 14.5 Å². The summed E-state index contributed by atoms with van der Waals surface area (Å²) in [6.45, 7) is 2.00. The Hall–Kier alpha value is -1.22. The van der Waals surface area contributed by atoms with Crippen LogP contribution in [0.15, 0.2) is 0 Å². The van der Waals surface area contributed by atoms with Gasteiger partial charge in [0.25, 0.3) is 0 Å². The molecule has 52 heavy (non-hydrogen) atoms. The lowest BCUT2D eigenvalue weighted by molar-refractivity contribution is -0.275. The minimum Gasteiger partial charge on any atom is -0.463 e. The molecule has 1 fully saturated rings. The number of cyclic esters (lactones) is 1. The molecule has 1 aliphatic rings. The molecular weight excluding hydrogens is 656 g/mol. The van der Waals surface area contributed by atoms with Crippen molar-refractivity contribution in [2.45, 2.75) is 225 Å². The molecule has 308 valence electrons. The lowest BCUT2D eigenvalue weighted by Gasteiger charge is -2.46. The van der Waals surface area contributed by atoms with E-state index < -0.39 is 10.8 Å². The second kappa shape index (κ2) is 34.3. The molecule has 0 aromatic carbocycles. The van der Waals surface area contributed by atoms with Gasteiger partial charge in [0, 0.05) is 30.3 Å². The number of carbonyl (C=O) groups is 2. The lowest BCUT2D eigenvalue weighted by Crippen LogP contribution is -2.48. The molecule has 1 aliphatic heterocycles. The molecule has 1 saturated heterocycles. The van der Waals surface area contributed by atoms with Crippen LogP contribution >= 0.6 is 0 Å². The number of hydrogen-bond donors (Lipinski definition) is 3. The summed E-state index contributed by atoms with van der Waals surface area (Å²) in [5.41, 5.74) is -1.08. The summed E-state index contributed by atoms with van der Waals surface area (Å²) < 4.78 is 5.19. The molecule has 0 bridgehead atoms. The van der Waals surface area contributed by atoms with Gasteiger partial charge >= 0.3 is 11.9 Å². The number of aliphatic hydroxyl groups is 3. The number of aliphatic hydroxyl groups excluding tert-OH is 3. The summed E-state index contributed by atoms with van der Waals surface area (Å²) in [6, 6.07) is 0.